The largest absolute Gasteiger partial charge is 0.364 e. The zero-order valence-electron chi connectivity index (χ0n) is 9.73. The van der Waals surface area contributed by atoms with E-state index in [1.807, 2.05) is 0 Å². The molecule has 0 amide bonds. The summed E-state index contributed by atoms with van der Waals surface area (Å²) in [6.45, 7) is 0. The average Bonchev–Trinajstić information content (AvgIpc) is 2.76. The molecule has 3 nitrogen and oxygen atoms in total. The van der Waals surface area contributed by atoms with Gasteiger partial charge in [-0.25, -0.2) is 0 Å². The maximum Gasteiger partial charge on any atom is 0.147 e. The number of fused-ring (bicyclic) bond motifs is 1. The molecule has 90 valence electrons. The van der Waals surface area contributed by atoms with Gasteiger partial charge in [-0.3, -0.25) is 0 Å². The van der Waals surface area contributed by atoms with E-state index >= 15 is 0 Å². The fourth-order valence-electron chi connectivity index (χ4n) is 2.50. The van der Waals surface area contributed by atoms with Gasteiger partial charge in [0.05, 0.1) is 4.70 Å². The molecule has 4 heteroatoms. The highest BCUT2D eigenvalue weighted by atomic mass is 32.1. The number of nitrogens with one attached hydrogen (secondary N) is 1. The van der Waals surface area contributed by atoms with Gasteiger partial charge >= 0.3 is 0 Å². The van der Waals surface area contributed by atoms with Gasteiger partial charge in [0.25, 0.3) is 0 Å². The molecule has 0 aliphatic heterocycles. The quantitative estimate of drug-likeness (QED) is 0.857. The molecule has 1 aliphatic rings. The number of rotatable bonds is 2. The molecular weight excluding hydrogens is 230 g/mol. The third-order valence-corrected chi connectivity index (χ3v) is 4.35. The molecule has 0 saturated heterocycles. The Morgan fingerprint density at radius 3 is 2.94 bits per heavy atom. The minimum Gasteiger partial charge on any atom is -0.364 e. The Kier molecular flexibility index (Phi) is 2.99. The topological polar surface area (TPSA) is 50.9 Å². The van der Waals surface area contributed by atoms with Crippen molar-refractivity contribution in [2.45, 2.75) is 37.8 Å². The third-order valence-electron chi connectivity index (χ3n) is 3.52. The summed E-state index contributed by atoms with van der Waals surface area (Å²) in [5.41, 5.74) is 6.15. The molecule has 3 rings (SSSR count). The second kappa shape index (κ2) is 4.63. The van der Waals surface area contributed by atoms with Crippen molar-refractivity contribution in [3.63, 3.8) is 0 Å². The fourth-order valence-corrected chi connectivity index (χ4v) is 3.25. The van der Waals surface area contributed by atoms with Crippen molar-refractivity contribution < 1.29 is 0 Å². The van der Waals surface area contributed by atoms with Gasteiger partial charge in [-0.15, -0.1) is 0 Å². The number of hydrogen-bond donors (Lipinski definition) is 2. The predicted molar refractivity (Wildman–Crippen MR) is 73.5 cm³/mol. The SMILES string of the molecule is N[C@H]1CCCC[C@H]1Nc1nsc2ccccc12. The molecule has 0 radical (unpaired) electrons. The Morgan fingerprint density at radius 1 is 1.24 bits per heavy atom. The number of nitrogens with zero attached hydrogens (tertiary/aromatic N) is 1. The maximum atomic E-state index is 6.15. The van der Waals surface area contributed by atoms with Crippen molar-refractivity contribution in [2.75, 3.05) is 5.32 Å². The normalized spacial score (nSPS) is 25.0. The molecule has 1 fully saturated rings. The van der Waals surface area contributed by atoms with Gasteiger partial charge in [0.2, 0.25) is 0 Å². The lowest BCUT2D eigenvalue weighted by Gasteiger charge is -2.29. The first kappa shape index (κ1) is 11.0. The van der Waals surface area contributed by atoms with E-state index < -0.39 is 0 Å². The average molecular weight is 247 g/mol. The van der Waals surface area contributed by atoms with Crippen LogP contribution in [-0.2, 0) is 0 Å². The van der Waals surface area contributed by atoms with Crippen LogP contribution in [0.3, 0.4) is 0 Å². The summed E-state index contributed by atoms with van der Waals surface area (Å²) < 4.78 is 5.73. The highest BCUT2D eigenvalue weighted by molar-refractivity contribution is 7.13. The molecule has 0 spiro atoms. The van der Waals surface area contributed by atoms with Crippen molar-refractivity contribution >= 4 is 27.4 Å². The molecule has 1 saturated carbocycles. The van der Waals surface area contributed by atoms with Gasteiger partial charge in [0.1, 0.15) is 5.82 Å². The second-order valence-corrected chi connectivity index (χ2v) is 5.53. The first-order chi connectivity index (χ1) is 8.34. The summed E-state index contributed by atoms with van der Waals surface area (Å²) >= 11 is 1.55. The van der Waals surface area contributed by atoms with E-state index in [4.69, 9.17) is 5.73 Å². The summed E-state index contributed by atoms with van der Waals surface area (Å²) in [5, 5.41) is 4.75. The van der Waals surface area contributed by atoms with Crippen LogP contribution in [0.15, 0.2) is 24.3 Å². The van der Waals surface area contributed by atoms with E-state index in [2.05, 4.69) is 34.0 Å². The van der Waals surface area contributed by atoms with Crippen LogP contribution in [0.1, 0.15) is 25.7 Å². The summed E-state index contributed by atoms with van der Waals surface area (Å²) in [4.78, 5) is 0. The van der Waals surface area contributed by atoms with E-state index in [1.165, 1.54) is 22.9 Å². The van der Waals surface area contributed by atoms with Crippen molar-refractivity contribution in [2.24, 2.45) is 5.73 Å². The highest BCUT2D eigenvalue weighted by Gasteiger charge is 2.22. The van der Waals surface area contributed by atoms with Gasteiger partial charge in [-0.2, -0.15) is 4.37 Å². The standard InChI is InChI=1S/C13H17N3S/c14-10-6-2-3-7-11(10)15-13-9-5-1-4-8-12(9)17-16-13/h1,4-5,8,10-11H,2-3,6-7,14H2,(H,15,16)/t10-,11+/m0/s1. The Balaban J connectivity index is 1.84. The van der Waals surface area contributed by atoms with E-state index in [-0.39, 0.29) is 6.04 Å². The van der Waals surface area contributed by atoms with Crippen LogP contribution in [0.2, 0.25) is 0 Å². The lowest BCUT2D eigenvalue weighted by molar-refractivity contribution is 0.404. The van der Waals surface area contributed by atoms with Gasteiger partial charge in [-0.1, -0.05) is 25.0 Å². The van der Waals surface area contributed by atoms with Gasteiger partial charge in [0.15, 0.2) is 0 Å². The molecule has 0 unspecified atom stereocenters. The van der Waals surface area contributed by atoms with Crippen LogP contribution in [0, 0.1) is 0 Å². The van der Waals surface area contributed by atoms with Crippen molar-refractivity contribution in [3.05, 3.63) is 24.3 Å². The Bertz CT molecular complexity index is 508. The minimum atomic E-state index is 0.268. The Labute approximate surface area is 105 Å². The van der Waals surface area contributed by atoms with Crippen molar-refractivity contribution in [3.8, 4) is 0 Å². The summed E-state index contributed by atoms with van der Waals surface area (Å²) in [6, 6.07) is 8.99. The number of benzene rings is 1. The molecule has 1 aliphatic carbocycles. The third kappa shape index (κ3) is 2.15. The summed E-state index contributed by atoms with van der Waals surface area (Å²) in [7, 11) is 0. The van der Waals surface area contributed by atoms with Gasteiger partial charge in [-0.05, 0) is 36.5 Å². The zero-order chi connectivity index (χ0) is 11.7. The molecule has 1 heterocycles. The van der Waals surface area contributed by atoms with Gasteiger partial charge < -0.3 is 11.1 Å². The van der Waals surface area contributed by atoms with Crippen molar-refractivity contribution in [1.82, 2.24) is 4.37 Å². The van der Waals surface area contributed by atoms with Crippen LogP contribution in [0.5, 0.6) is 0 Å². The number of anilines is 1. The first-order valence-corrected chi connectivity index (χ1v) is 6.98. The molecule has 1 aromatic heterocycles. The Hall–Kier alpha value is -1.13. The van der Waals surface area contributed by atoms with Crippen LogP contribution in [-0.4, -0.2) is 16.5 Å². The zero-order valence-corrected chi connectivity index (χ0v) is 10.5. The van der Waals surface area contributed by atoms with Crippen molar-refractivity contribution in [1.29, 1.82) is 0 Å². The highest BCUT2D eigenvalue weighted by Crippen LogP contribution is 2.28. The molecule has 3 N–H and O–H groups in total. The number of aromatic nitrogens is 1. The molecule has 17 heavy (non-hydrogen) atoms. The van der Waals surface area contributed by atoms with E-state index in [0.717, 1.165) is 18.7 Å². The Morgan fingerprint density at radius 2 is 2.06 bits per heavy atom. The fraction of sp³-hybridized carbons (Fsp3) is 0.462. The van der Waals surface area contributed by atoms with Crippen LogP contribution < -0.4 is 11.1 Å². The molecule has 0 bridgehead atoms. The number of nitrogens with two attached hydrogens (primary N) is 1. The van der Waals surface area contributed by atoms with Crippen LogP contribution in [0.4, 0.5) is 5.82 Å². The lowest BCUT2D eigenvalue weighted by atomic mass is 9.91. The maximum absolute atomic E-state index is 6.15. The van der Waals surface area contributed by atoms with Gasteiger partial charge in [0, 0.05) is 17.5 Å². The smallest absolute Gasteiger partial charge is 0.147 e. The lowest BCUT2D eigenvalue weighted by Crippen LogP contribution is -2.42. The molecular formula is C13H17N3S. The van der Waals surface area contributed by atoms with E-state index in [9.17, 15) is 0 Å². The van der Waals surface area contributed by atoms with E-state index in [1.54, 1.807) is 11.5 Å². The minimum absolute atomic E-state index is 0.268. The first-order valence-electron chi connectivity index (χ1n) is 6.21. The predicted octanol–water partition coefficient (Wildman–Crippen LogP) is 2.98. The number of hydrogen-bond acceptors (Lipinski definition) is 4. The van der Waals surface area contributed by atoms with Crippen LogP contribution >= 0.6 is 11.5 Å². The molecule has 1 aromatic carbocycles. The van der Waals surface area contributed by atoms with E-state index in [0.29, 0.717) is 6.04 Å². The molecule has 2 atom stereocenters. The monoisotopic (exact) mass is 247 g/mol. The summed E-state index contributed by atoms with van der Waals surface area (Å²) in [6.07, 6.45) is 4.82. The second-order valence-electron chi connectivity index (χ2n) is 4.73. The summed E-state index contributed by atoms with van der Waals surface area (Å²) in [5.74, 6) is 1.01. The van der Waals surface area contributed by atoms with Crippen LogP contribution in [0.25, 0.3) is 10.1 Å². The molecule has 2 aromatic rings.